The van der Waals surface area contributed by atoms with Gasteiger partial charge in [-0.3, -0.25) is 0 Å². The first kappa shape index (κ1) is 13.0. The van der Waals surface area contributed by atoms with Gasteiger partial charge in [0.05, 0.1) is 0 Å². The molecule has 18 heavy (non-hydrogen) atoms. The Morgan fingerprint density at radius 3 is 2.28 bits per heavy atom. The lowest BCUT2D eigenvalue weighted by Gasteiger charge is -2.08. The standard InChI is InChI=1S/C16H18ClN/c1-3-13-6-8-15(9-7-13)18-11-14-5-4-12(2)16(17)10-14/h4-10,18H,3,11H2,1-2H3. The summed E-state index contributed by atoms with van der Waals surface area (Å²) >= 11 is 6.11. The molecule has 0 aromatic heterocycles. The van der Waals surface area contributed by atoms with Crippen LogP contribution in [0.15, 0.2) is 42.5 Å². The summed E-state index contributed by atoms with van der Waals surface area (Å²) in [5.41, 5.74) is 4.82. The molecule has 0 aliphatic rings. The Labute approximate surface area is 114 Å². The van der Waals surface area contributed by atoms with Gasteiger partial charge in [-0.25, -0.2) is 0 Å². The summed E-state index contributed by atoms with van der Waals surface area (Å²) < 4.78 is 0. The van der Waals surface area contributed by atoms with E-state index >= 15 is 0 Å². The molecule has 0 atom stereocenters. The Balaban J connectivity index is 1.99. The van der Waals surface area contributed by atoms with Crippen LogP contribution >= 0.6 is 11.6 Å². The van der Waals surface area contributed by atoms with Crippen molar-refractivity contribution in [1.29, 1.82) is 0 Å². The Kier molecular flexibility index (Phi) is 4.27. The first-order chi connectivity index (χ1) is 8.69. The van der Waals surface area contributed by atoms with Crippen LogP contribution in [0.5, 0.6) is 0 Å². The Hall–Kier alpha value is -1.47. The van der Waals surface area contributed by atoms with E-state index in [1.54, 1.807) is 0 Å². The van der Waals surface area contributed by atoms with Gasteiger partial charge in [0.25, 0.3) is 0 Å². The maximum absolute atomic E-state index is 6.11. The quantitative estimate of drug-likeness (QED) is 0.830. The molecule has 1 N–H and O–H groups in total. The van der Waals surface area contributed by atoms with Gasteiger partial charge in [-0.2, -0.15) is 0 Å². The fourth-order valence-corrected chi connectivity index (χ4v) is 2.01. The molecule has 0 aliphatic heterocycles. The van der Waals surface area contributed by atoms with Crippen molar-refractivity contribution in [3.8, 4) is 0 Å². The van der Waals surface area contributed by atoms with Crippen molar-refractivity contribution < 1.29 is 0 Å². The SMILES string of the molecule is CCc1ccc(NCc2ccc(C)c(Cl)c2)cc1. The van der Waals surface area contributed by atoms with Gasteiger partial charge in [-0.05, 0) is 48.2 Å². The lowest BCUT2D eigenvalue weighted by Crippen LogP contribution is -1.99. The van der Waals surface area contributed by atoms with E-state index in [-0.39, 0.29) is 0 Å². The fraction of sp³-hybridized carbons (Fsp3) is 0.250. The van der Waals surface area contributed by atoms with Crippen LogP contribution < -0.4 is 5.32 Å². The average molecular weight is 260 g/mol. The summed E-state index contributed by atoms with van der Waals surface area (Å²) in [7, 11) is 0. The van der Waals surface area contributed by atoms with Crippen molar-refractivity contribution in [3.05, 3.63) is 64.2 Å². The summed E-state index contributed by atoms with van der Waals surface area (Å²) in [4.78, 5) is 0. The third-order valence-electron chi connectivity index (χ3n) is 3.10. The molecule has 0 unspecified atom stereocenters. The number of nitrogens with one attached hydrogen (secondary N) is 1. The van der Waals surface area contributed by atoms with Gasteiger partial charge in [-0.1, -0.05) is 42.8 Å². The van der Waals surface area contributed by atoms with Gasteiger partial charge in [0, 0.05) is 17.3 Å². The third-order valence-corrected chi connectivity index (χ3v) is 3.50. The van der Waals surface area contributed by atoms with Gasteiger partial charge in [-0.15, -0.1) is 0 Å². The van der Waals surface area contributed by atoms with Crippen LogP contribution in [0.4, 0.5) is 5.69 Å². The van der Waals surface area contributed by atoms with E-state index in [0.29, 0.717) is 0 Å². The highest BCUT2D eigenvalue weighted by Gasteiger charge is 1.98. The summed E-state index contributed by atoms with van der Waals surface area (Å²) in [6, 6.07) is 14.7. The minimum Gasteiger partial charge on any atom is -0.381 e. The van der Waals surface area contributed by atoms with Crippen molar-refractivity contribution in [3.63, 3.8) is 0 Å². The zero-order chi connectivity index (χ0) is 13.0. The Morgan fingerprint density at radius 2 is 1.67 bits per heavy atom. The minimum absolute atomic E-state index is 0.797. The van der Waals surface area contributed by atoms with E-state index in [9.17, 15) is 0 Å². The first-order valence-electron chi connectivity index (χ1n) is 6.27. The highest BCUT2D eigenvalue weighted by molar-refractivity contribution is 6.31. The molecule has 0 saturated carbocycles. The molecular weight excluding hydrogens is 242 g/mol. The molecule has 2 aromatic carbocycles. The van der Waals surface area contributed by atoms with Crippen LogP contribution in [0, 0.1) is 6.92 Å². The van der Waals surface area contributed by atoms with E-state index in [0.717, 1.165) is 29.2 Å². The largest absolute Gasteiger partial charge is 0.381 e. The molecule has 1 nitrogen and oxygen atoms in total. The lowest BCUT2D eigenvalue weighted by atomic mass is 10.1. The van der Waals surface area contributed by atoms with Gasteiger partial charge in [0.15, 0.2) is 0 Å². The molecule has 0 fully saturated rings. The van der Waals surface area contributed by atoms with Crippen LogP contribution in [-0.2, 0) is 13.0 Å². The molecule has 2 heteroatoms. The van der Waals surface area contributed by atoms with Crippen molar-refractivity contribution in [2.75, 3.05) is 5.32 Å². The third kappa shape index (κ3) is 3.27. The average Bonchev–Trinajstić information content (AvgIpc) is 2.41. The van der Waals surface area contributed by atoms with Crippen molar-refractivity contribution >= 4 is 17.3 Å². The molecule has 0 radical (unpaired) electrons. The predicted octanol–water partition coefficient (Wildman–Crippen LogP) is 4.82. The number of aryl methyl sites for hydroxylation is 2. The normalized spacial score (nSPS) is 10.4. The number of halogens is 1. The summed E-state index contributed by atoms with van der Waals surface area (Å²) in [5, 5.41) is 4.23. The van der Waals surface area contributed by atoms with Gasteiger partial charge in [0.2, 0.25) is 0 Å². The van der Waals surface area contributed by atoms with Crippen LogP contribution in [0.2, 0.25) is 5.02 Å². The van der Waals surface area contributed by atoms with Gasteiger partial charge >= 0.3 is 0 Å². The summed E-state index contributed by atoms with van der Waals surface area (Å²) in [6.07, 6.45) is 1.08. The molecule has 0 bridgehead atoms. The Bertz CT molecular complexity index is 517. The monoisotopic (exact) mass is 259 g/mol. The molecular formula is C16H18ClN. The Morgan fingerprint density at radius 1 is 1.00 bits per heavy atom. The first-order valence-corrected chi connectivity index (χ1v) is 6.64. The highest BCUT2D eigenvalue weighted by Crippen LogP contribution is 2.18. The number of hydrogen-bond donors (Lipinski definition) is 1. The number of hydrogen-bond acceptors (Lipinski definition) is 1. The van der Waals surface area contributed by atoms with E-state index in [1.165, 1.54) is 11.1 Å². The maximum atomic E-state index is 6.11. The number of rotatable bonds is 4. The zero-order valence-electron chi connectivity index (χ0n) is 10.8. The number of anilines is 1. The lowest BCUT2D eigenvalue weighted by molar-refractivity contribution is 1.12. The van der Waals surface area contributed by atoms with Gasteiger partial charge in [0.1, 0.15) is 0 Å². The van der Waals surface area contributed by atoms with E-state index in [2.05, 4.69) is 48.6 Å². The smallest absolute Gasteiger partial charge is 0.0438 e. The molecule has 0 heterocycles. The predicted molar refractivity (Wildman–Crippen MR) is 79.3 cm³/mol. The zero-order valence-corrected chi connectivity index (χ0v) is 11.6. The molecule has 2 aromatic rings. The summed E-state index contributed by atoms with van der Waals surface area (Å²) in [5.74, 6) is 0. The van der Waals surface area contributed by atoms with E-state index in [1.807, 2.05) is 13.0 Å². The van der Waals surface area contributed by atoms with Crippen molar-refractivity contribution in [2.45, 2.75) is 26.8 Å². The van der Waals surface area contributed by atoms with Crippen molar-refractivity contribution in [2.24, 2.45) is 0 Å². The highest BCUT2D eigenvalue weighted by atomic mass is 35.5. The molecule has 94 valence electrons. The second-order valence-electron chi connectivity index (χ2n) is 4.49. The second-order valence-corrected chi connectivity index (χ2v) is 4.89. The minimum atomic E-state index is 0.797. The molecule has 0 saturated heterocycles. The molecule has 0 amide bonds. The summed E-state index contributed by atoms with van der Waals surface area (Å²) in [6.45, 7) is 4.98. The number of benzene rings is 2. The maximum Gasteiger partial charge on any atom is 0.0438 e. The van der Waals surface area contributed by atoms with Crippen LogP contribution in [0.1, 0.15) is 23.6 Å². The van der Waals surface area contributed by atoms with Gasteiger partial charge < -0.3 is 5.32 Å². The van der Waals surface area contributed by atoms with E-state index < -0.39 is 0 Å². The molecule has 2 rings (SSSR count). The molecule has 0 aliphatic carbocycles. The van der Waals surface area contributed by atoms with Crippen LogP contribution in [0.3, 0.4) is 0 Å². The fourth-order valence-electron chi connectivity index (χ4n) is 1.81. The molecule has 0 spiro atoms. The van der Waals surface area contributed by atoms with Crippen LogP contribution in [-0.4, -0.2) is 0 Å². The van der Waals surface area contributed by atoms with Crippen molar-refractivity contribution in [1.82, 2.24) is 0 Å². The van der Waals surface area contributed by atoms with Crippen LogP contribution in [0.25, 0.3) is 0 Å². The van der Waals surface area contributed by atoms with E-state index in [4.69, 9.17) is 11.6 Å². The second kappa shape index (κ2) is 5.92. The topological polar surface area (TPSA) is 12.0 Å².